The van der Waals surface area contributed by atoms with Gasteiger partial charge in [0, 0.05) is 16.3 Å². The molecule has 1 aliphatic rings. The maximum atomic E-state index is 13.5. The van der Waals surface area contributed by atoms with Crippen LogP contribution in [-0.4, -0.2) is 30.9 Å². The highest BCUT2D eigenvalue weighted by atomic mass is 35.5. The highest BCUT2D eigenvalue weighted by molar-refractivity contribution is 6.36. The molecule has 6 nitrogen and oxygen atoms in total. The predicted octanol–water partition coefficient (Wildman–Crippen LogP) is 5.06. The Labute approximate surface area is 197 Å². The molecule has 0 aromatic heterocycles. The maximum absolute atomic E-state index is 13.5. The van der Waals surface area contributed by atoms with Crippen molar-refractivity contribution in [2.24, 2.45) is 0 Å². The molecule has 1 aliphatic heterocycles. The van der Waals surface area contributed by atoms with Gasteiger partial charge < -0.3 is 14.8 Å². The van der Waals surface area contributed by atoms with Crippen LogP contribution < -0.4 is 14.8 Å². The van der Waals surface area contributed by atoms with Gasteiger partial charge in [0.2, 0.25) is 0 Å². The summed E-state index contributed by atoms with van der Waals surface area (Å²) in [7, 11) is 3.13. The molecule has 1 N–H and O–H groups in total. The van der Waals surface area contributed by atoms with E-state index in [2.05, 4.69) is 5.32 Å². The molecule has 1 heterocycles. The third-order valence-electron chi connectivity index (χ3n) is 5.60. The lowest BCUT2D eigenvalue weighted by molar-refractivity contribution is -0.137. The number of hydrogen-bond acceptors (Lipinski definition) is 5. The van der Waals surface area contributed by atoms with Crippen molar-refractivity contribution in [2.75, 3.05) is 19.5 Å². The molecule has 0 aliphatic carbocycles. The quantitative estimate of drug-likeness (QED) is 0.497. The summed E-state index contributed by atoms with van der Waals surface area (Å²) in [6.07, 6.45) is 0. The normalized spacial score (nSPS) is 13.5. The van der Waals surface area contributed by atoms with Gasteiger partial charge in [-0.15, -0.1) is 0 Å². The zero-order chi connectivity index (χ0) is 23.5. The van der Waals surface area contributed by atoms with E-state index in [-0.39, 0.29) is 17.8 Å². The Kier molecular flexibility index (Phi) is 6.38. The van der Waals surface area contributed by atoms with E-state index in [0.717, 1.165) is 11.1 Å². The van der Waals surface area contributed by atoms with E-state index >= 15 is 0 Å². The van der Waals surface area contributed by atoms with Crippen LogP contribution in [0.15, 0.2) is 72.4 Å². The van der Waals surface area contributed by atoms with Crippen LogP contribution in [0.2, 0.25) is 5.02 Å². The van der Waals surface area contributed by atoms with E-state index < -0.39 is 11.8 Å². The van der Waals surface area contributed by atoms with Gasteiger partial charge in [0.25, 0.3) is 11.8 Å². The number of para-hydroxylation sites is 1. The van der Waals surface area contributed by atoms with Crippen LogP contribution in [0.25, 0.3) is 5.57 Å². The number of anilines is 1. The Morgan fingerprint density at radius 3 is 2.30 bits per heavy atom. The minimum Gasteiger partial charge on any atom is -0.497 e. The van der Waals surface area contributed by atoms with E-state index in [9.17, 15) is 9.59 Å². The first-order valence-corrected chi connectivity index (χ1v) is 10.7. The molecule has 0 saturated carbocycles. The summed E-state index contributed by atoms with van der Waals surface area (Å²) in [4.78, 5) is 28.3. The predicted molar refractivity (Wildman–Crippen MR) is 128 cm³/mol. The molecule has 0 atom stereocenters. The van der Waals surface area contributed by atoms with Crippen LogP contribution in [0.4, 0.5) is 5.69 Å². The summed E-state index contributed by atoms with van der Waals surface area (Å²) in [5.74, 6) is 0.452. The molecule has 168 valence electrons. The van der Waals surface area contributed by atoms with Gasteiger partial charge in [-0.1, -0.05) is 48.0 Å². The highest BCUT2D eigenvalue weighted by Crippen LogP contribution is 2.34. The van der Waals surface area contributed by atoms with Gasteiger partial charge in [0.05, 0.1) is 26.3 Å². The fourth-order valence-corrected chi connectivity index (χ4v) is 3.92. The van der Waals surface area contributed by atoms with Crippen molar-refractivity contribution in [1.82, 2.24) is 4.90 Å². The molecule has 7 heteroatoms. The minimum absolute atomic E-state index is 0.0844. The van der Waals surface area contributed by atoms with Crippen molar-refractivity contribution in [3.05, 3.63) is 94.1 Å². The molecule has 0 saturated heterocycles. The van der Waals surface area contributed by atoms with Gasteiger partial charge in [-0.05, 0) is 48.4 Å². The molecule has 0 fully saturated rings. The molecule has 3 aromatic carbocycles. The maximum Gasteiger partial charge on any atom is 0.278 e. The minimum atomic E-state index is -0.420. The topological polar surface area (TPSA) is 67.9 Å². The number of ether oxygens (including phenoxy) is 2. The Hall–Kier alpha value is -3.77. The fraction of sp³-hybridized carbons (Fsp3) is 0.154. The second kappa shape index (κ2) is 9.38. The van der Waals surface area contributed by atoms with Gasteiger partial charge in [0.1, 0.15) is 17.2 Å². The smallest absolute Gasteiger partial charge is 0.278 e. The number of hydrogen-bond donors (Lipinski definition) is 1. The van der Waals surface area contributed by atoms with Gasteiger partial charge in [-0.2, -0.15) is 0 Å². The van der Waals surface area contributed by atoms with Gasteiger partial charge in [-0.3, -0.25) is 14.5 Å². The number of methoxy groups -OCH3 is 2. The van der Waals surface area contributed by atoms with E-state index in [4.69, 9.17) is 21.1 Å². The van der Waals surface area contributed by atoms with Crippen LogP contribution in [0.5, 0.6) is 11.5 Å². The first kappa shape index (κ1) is 22.4. The van der Waals surface area contributed by atoms with Crippen LogP contribution in [0, 0.1) is 6.92 Å². The summed E-state index contributed by atoms with van der Waals surface area (Å²) in [6.45, 7) is 1.94. The van der Waals surface area contributed by atoms with Crippen LogP contribution in [0.3, 0.4) is 0 Å². The third-order valence-corrected chi connectivity index (χ3v) is 6.00. The number of carbonyl (C=O) groups is 2. The van der Waals surface area contributed by atoms with E-state index in [1.54, 1.807) is 56.7 Å². The molecule has 33 heavy (non-hydrogen) atoms. The number of carbonyl (C=O) groups excluding carboxylic acids is 2. The van der Waals surface area contributed by atoms with Crippen LogP contribution in [0.1, 0.15) is 16.7 Å². The molecule has 0 unspecified atom stereocenters. The lowest BCUT2D eigenvalue weighted by Crippen LogP contribution is -2.32. The zero-order valence-electron chi connectivity index (χ0n) is 18.5. The SMILES string of the molecule is COc1ccc(C2=C(Nc3cccc(Cl)c3C)C(=O)N(Cc3ccccc3OC)C2=O)cc1. The summed E-state index contributed by atoms with van der Waals surface area (Å²) in [5.41, 5.74) is 3.27. The Morgan fingerprint density at radius 2 is 1.61 bits per heavy atom. The lowest BCUT2D eigenvalue weighted by atomic mass is 10.0. The van der Waals surface area contributed by atoms with Crippen molar-refractivity contribution in [2.45, 2.75) is 13.5 Å². The van der Waals surface area contributed by atoms with E-state index in [1.165, 1.54) is 4.90 Å². The molecule has 3 aromatic rings. The summed E-state index contributed by atoms with van der Waals surface area (Å²) < 4.78 is 10.6. The summed E-state index contributed by atoms with van der Waals surface area (Å²) in [5, 5.41) is 3.74. The lowest BCUT2D eigenvalue weighted by Gasteiger charge is -2.17. The van der Waals surface area contributed by atoms with E-state index in [0.29, 0.717) is 27.8 Å². The largest absolute Gasteiger partial charge is 0.497 e. The van der Waals surface area contributed by atoms with Crippen molar-refractivity contribution in [1.29, 1.82) is 0 Å². The number of imide groups is 1. The Balaban J connectivity index is 1.77. The average molecular weight is 463 g/mol. The van der Waals surface area contributed by atoms with Crippen molar-refractivity contribution >= 4 is 34.7 Å². The molecule has 0 radical (unpaired) electrons. The fourth-order valence-electron chi connectivity index (χ4n) is 3.74. The van der Waals surface area contributed by atoms with Crippen LogP contribution in [-0.2, 0) is 16.1 Å². The van der Waals surface area contributed by atoms with Crippen molar-refractivity contribution in [3.8, 4) is 11.5 Å². The van der Waals surface area contributed by atoms with Gasteiger partial charge in [-0.25, -0.2) is 0 Å². The molecule has 0 bridgehead atoms. The van der Waals surface area contributed by atoms with Crippen molar-refractivity contribution < 1.29 is 19.1 Å². The number of rotatable bonds is 7. The average Bonchev–Trinajstić information content (AvgIpc) is 3.06. The summed E-state index contributed by atoms with van der Waals surface area (Å²) in [6, 6.07) is 19.7. The Bertz CT molecular complexity index is 1250. The number of amides is 2. The first-order chi connectivity index (χ1) is 15.9. The number of benzene rings is 3. The number of halogens is 1. The molecular weight excluding hydrogens is 440 g/mol. The molecule has 2 amide bonds. The zero-order valence-corrected chi connectivity index (χ0v) is 19.3. The summed E-state index contributed by atoms with van der Waals surface area (Å²) >= 11 is 6.27. The Morgan fingerprint density at radius 1 is 0.879 bits per heavy atom. The number of nitrogens with one attached hydrogen (secondary N) is 1. The van der Waals surface area contributed by atoms with E-state index in [1.807, 2.05) is 31.2 Å². The number of nitrogens with zero attached hydrogens (tertiary/aromatic N) is 1. The molecule has 4 rings (SSSR count). The monoisotopic (exact) mass is 462 g/mol. The third kappa shape index (κ3) is 4.30. The standard InChI is InChI=1S/C26H23ClN2O4/c1-16-20(27)8-6-9-21(16)28-24-23(17-11-13-19(32-2)14-12-17)25(30)29(26(24)31)15-18-7-4-5-10-22(18)33-3/h4-14,28H,15H2,1-3H3. The second-order valence-electron chi connectivity index (χ2n) is 7.52. The highest BCUT2D eigenvalue weighted by Gasteiger charge is 2.39. The molecule has 0 spiro atoms. The van der Waals surface area contributed by atoms with Crippen molar-refractivity contribution in [3.63, 3.8) is 0 Å². The molecular formula is C26H23ClN2O4. The first-order valence-electron chi connectivity index (χ1n) is 10.3. The van der Waals surface area contributed by atoms with Gasteiger partial charge >= 0.3 is 0 Å². The van der Waals surface area contributed by atoms with Crippen LogP contribution >= 0.6 is 11.6 Å². The second-order valence-corrected chi connectivity index (χ2v) is 7.93. The van der Waals surface area contributed by atoms with Gasteiger partial charge in [0.15, 0.2) is 0 Å².